The van der Waals surface area contributed by atoms with Gasteiger partial charge in [-0.3, -0.25) is 0 Å². The average molecular weight is 314 g/mol. The number of rotatable bonds is 5. The highest BCUT2D eigenvalue weighted by atomic mass is 32.2. The zero-order valence-electron chi connectivity index (χ0n) is 13.2. The summed E-state index contributed by atoms with van der Waals surface area (Å²) >= 11 is 0. The molecule has 1 fully saturated rings. The molecular formula is C14H26N4O2S. The molecule has 0 spiro atoms. The van der Waals surface area contributed by atoms with E-state index in [1.807, 2.05) is 11.9 Å². The van der Waals surface area contributed by atoms with Crippen LogP contribution < -0.4 is 10.6 Å². The van der Waals surface area contributed by atoms with Crippen molar-refractivity contribution in [2.45, 2.75) is 56.4 Å². The van der Waals surface area contributed by atoms with Crippen LogP contribution in [0.5, 0.6) is 0 Å². The third-order valence-electron chi connectivity index (χ3n) is 4.10. The SMILES string of the molecule is CCCN(C)c1nn(C2CCCCC2)c(N)c1S(C)(=O)=O. The molecule has 7 heteroatoms. The first-order valence-electron chi connectivity index (χ1n) is 7.65. The van der Waals surface area contributed by atoms with Gasteiger partial charge < -0.3 is 10.6 Å². The molecule has 2 rings (SSSR count). The van der Waals surface area contributed by atoms with Crippen molar-refractivity contribution in [1.29, 1.82) is 0 Å². The molecule has 6 nitrogen and oxygen atoms in total. The Morgan fingerprint density at radius 2 is 1.95 bits per heavy atom. The quantitative estimate of drug-likeness (QED) is 0.901. The molecule has 0 atom stereocenters. The third kappa shape index (κ3) is 3.33. The first-order valence-corrected chi connectivity index (χ1v) is 9.54. The number of hydrogen-bond acceptors (Lipinski definition) is 5. The van der Waals surface area contributed by atoms with Crippen LogP contribution in [0.4, 0.5) is 11.6 Å². The van der Waals surface area contributed by atoms with Gasteiger partial charge in [-0.2, -0.15) is 5.10 Å². The van der Waals surface area contributed by atoms with Crippen LogP contribution in [0.25, 0.3) is 0 Å². The summed E-state index contributed by atoms with van der Waals surface area (Å²) in [7, 11) is -1.53. The smallest absolute Gasteiger partial charge is 0.182 e. The normalized spacial score (nSPS) is 17.1. The number of nitrogen functional groups attached to an aromatic ring is 1. The minimum atomic E-state index is -3.40. The molecule has 1 aliphatic rings. The van der Waals surface area contributed by atoms with Gasteiger partial charge in [-0.05, 0) is 19.3 Å². The van der Waals surface area contributed by atoms with Gasteiger partial charge in [0.05, 0.1) is 6.04 Å². The Morgan fingerprint density at radius 3 is 2.48 bits per heavy atom. The maximum Gasteiger partial charge on any atom is 0.182 e. The van der Waals surface area contributed by atoms with E-state index >= 15 is 0 Å². The summed E-state index contributed by atoms with van der Waals surface area (Å²) in [5.41, 5.74) is 6.15. The van der Waals surface area contributed by atoms with E-state index in [0.29, 0.717) is 11.6 Å². The maximum atomic E-state index is 12.1. The van der Waals surface area contributed by atoms with Crippen molar-refractivity contribution >= 4 is 21.5 Å². The molecule has 0 aromatic carbocycles. The monoisotopic (exact) mass is 314 g/mol. The lowest BCUT2D eigenvalue weighted by Gasteiger charge is -2.23. The molecule has 0 aliphatic heterocycles. The van der Waals surface area contributed by atoms with Crippen molar-refractivity contribution in [1.82, 2.24) is 9.78 Å². The molecule has 2 N–H and O–H groups in total. The van der Waals surface area contributed by atoms with Gasteiger partial charge in [0.1, 0.15) is 5.82 Å². The van der Waals surface area contributed by atoms with Gasteiger partial charge in [0.15, 0.2) is 20.6 Å². The fourth-order valence-corrected chi connectivity index (χ4v) is 4.07. The van der Waals surface area contributed by atoms with E-state index in [2.05, 4.69) is 12.0 Å². The second-order valence-corrected chi connectivity index (χ2v) is 7.92. The minimum Gasteiger partial charge on any atom is -0.383 e. The Bertz CT molecular complexity index is 588. The zero-order chi connectivity index (χ0) is 15.6. The predicted octanol–water partition coefficient (Wildman–Crippen LogP) is 2.22. The first-order chi connectivity index (χ1) is 9.86. The van der Waals surface area contributed by atoms with E-state index < -0.39 is 9.84 Å². The molecule has 0 saturated heterocycles. The van der Waals surface area contributed by atoms with E-state index in [9.17, 15) is 8.42 Å². The van der Waals surface area contributed by atoms with E-state index in [-0.39, 0.29) is 10.9 Å². The molecular weight excluding hydrogens is 288 g/mol. The minimum absolute atomic E-state index is 0.184. The highest BCUT2D eigenvalue weighted by Crippen LogP contribution is 2.36. The lowest BCUT2D eigenvalue weighted by Crippen LogP contribution is -2.21. The van der Waals surface area contributed by atoms with Gasteiger partial charge in [-0.1, -0.05) is 26.2 Å². The van der Waals surface area contributed by atoms with E-state index in [4.69, 9.17) is 5.73 Å². The Labute approximate surface area is 127 Å². The second kappa shape index (κ2) is 6.25. The highest BCUT2D eigenvalue weighted by Gasteiger charge is 2.29. The third-order valence-corrected chi connectivity index (χ3v) is 5.23. The first kappa shape index (κ1) is 16.1. The van der Waals surface area contributed by atoms with Crippen molar-refractivity contribution < 1.29 is 8.42 Å². The second-order valence-electron chi connectivity index (χ2n) is 5.97. The van der Waals surface area contributed by atoms with Crippen LogP contribution in [-0.2, 0) is 9.84 Å². The standard InChI is InChI=1S/C14H26N4O2S/c1-4-10-17(2)14-12(21(3,19)20)13(15)18(16-14)11-8-6-5-7-9-11/h11H,4-10,15H2,1-3H3. The highest BCUT2D eigenvalue weighted by molar-refractivity contribution is 7.91. The molecule has 0 unspecified atom stereocenters. The van der Waals surface area contributed by atoms with E-state index in [1.165, 1.54) is 12.7 Å². The molecule has 0 amide bonds. The molecule has 21 heavy (non-hydrogen) atoms. The number of nitrogens with two attached hydrogens (primary N) is 1. The topological polar surface area (TPSA) is 81.2 Å². The van der Waals surface area contributed by atoms with Gasteiger partial charge in [-0.15, -0.1) is 0 Å². The van der Waals surface area contributed by atoms with Crippen LogP contribution >= 0.6 is 0 Å². The maximum absolute atomic E-state index is 12.1. The summed E-state index contributed by atoms with van der Waals surface area (Å²) in [5.74, 6) is 0.782. The Balaban J connectivity index is 2.48. The van der Waals surface area contributed by atoms with E-state index in [0.717, 1.165) is 38.6 Å². The fraction of sp³-hybridized carbons (Fsp3) is 0.786. The molecule has 120 valence electrons. The largest absolute Gasteiger partial charge is 0.383 e. The lowest BCUT2D eigenvalue weighted by atomic mass is 9.96. The van der Waals surface area contributed by atoms with Gasteiger partial charge in [0.2, 0.25) is 0 Å². The molecule has 1 aromatic heterocycles. The summed E-state index contributed by atoms with van der Waals surface area (Å²) in [4.78, 5) is 2.07. The summed E-state index contributed by atoms with van der Waals surface area (Å²) in [6.07, 6.45) is 7.71. The van der Waals surface area contributed by atoms with Crippen LogP contribution in [0, 0.1) is 0 Å². The predicted molar refractivity (Wildman–Crippen MR) is 85.4 cm³/mol. The van der Waals surface area contributed by atoms with Crippen LogP contribution in [0.1, 0.15) is 51.5 Å². The van der Waals surface area contributed by atoms with Gasteiger partial charge in [-0.25, -0.2) is 13.1 Å². The van der Waals surface area contributed by atoms with Crippen molar-refractivity contribution in [3.05, 3.63) is 0 Å². The van der Waals surface area contributed by atoms with Crippen LogP contribution in [0.2, 0.25) is 0 Å². The van der Waals surface area contributed by atoms with Crippen molar-refractivity contribution in [2.24, 2.45) is 0 Å². The molecule has 0 radical (unpaired) electrons. The Morgan fingerprint density at radius 1 is 1.33 bits per heavy atom. The van der Waals surface area contributed by atoms with Gasteiger partial charge in [0.25, 0.3) is 0 Å². The number of hydrogen-bond donors (Lipinski definition) is 1. The summed E-state index contributed by atoms with van der Waals surface area (Å²) in [6.45, 7) is 2.81. The molecule has 1 saturated carbocycles. The van der Waals surface area contributed by atoms with Crippen molar-refractivity contribution in [3.63, 3.8) is 0 Å². The lowest BCUT2D eigenvalue weighted by molar-refractivity contribution is 0.333. The zero-order valence-corrected chi connectivity index (χ0v) is 14.0. The Hall–Kier alpha value is -1.24. The molecule has 1 aromatic rings. The summed E-state index contributed by atoms with van der Waals surface area (Å²) in [5, 5.41) is 4.56. The number of anilines is 2. The number of nitrogens with zero attached hydrogens (tertiary/aromatic N) is 3. The number of aromatic nitrogens is 2. The fourth-order valence-electron chi connectivity index (χ4n) is 3.07. The van der Waals surface area contributed by atoms with Gasteiger partial charge in [0, 0.05) is 19.8 Å². The molecule has 0 bridgehead atoms. The van der Waals surface area contributed by atoms with Crippen LogP contribution in [0.15, 0.2) is 4.90 Å². The average Bonchev–Trinajstić information content (AvgIpc) is 2.77. The van der Waals surface area contributed by atoms with Crippen LogP contribution in [0.3, 0.4) is 0 Å². The van der Waals surface area contributed by atoms with Gasteiger partial charge >= 0.3 is 0 Å². The Kier molecular flexibility index (Phi) is 4.81. The number of sulfone groups is 1. The van der Waals surface area contributed by atoms with E-state index in [1.54, 1.807) is 4.68 Å². The van der Waals surface area contributed by atoms with Crippen molar-refractivity contribution in [3.8, 4) is 0 Å². The molecule has 1 aliphatic carbocycles. The summed E-state index contributed by atoms with van der Waals surface area (Å²) in [6, 6.07) is 0.225. The van der Waals surface area contributed by atoms with Crippen molar-refractivity contribution in [2.75, 3.05) is 30.5 Å². The molecule has 1 heterocycles. The summed E-state index contributed by atoms with van der Waals surface area (Å²) < 4.78 is 26.0. The van der Waals surface area contributed by atoms with Crippen LogP contribution in [-0.4, -0.2) is 38.0 Å².